The van der Waals surface area contributed by atoms with Gasteiger partial charge in [-0.15, -0.1) is 15.3 Å². The van der Waals surface area contributed by atoms with Gasteiger partial charge in [0.2, 0.25) is 5.13 Å². The Morgan fingerprint density at radius 2 is 2.00 bits per heavy atom. The second-order valence-electron chi connectivity index (χ2n) is 5.98. The molecule has 2 heterocycles. The lowest BCUT2D eigenvalue weighted by Crippen LogP contribution is -2.20. The zero-order valence-corrected chi connectivity index (χ0v) is 18.8. The van der Waals surface area contributed by atoms with Crippen molar-refractivity contribution >= 4 is 57.3 Å². The predicted octanol–water partition coefficient (Wildman–Crippen LogP) is 4.13. The molecule has 0 saturated heterocycles. The van der Waals surface area contributed by atoms with Gasteiger partial charge in [0.15, 0.2) is 10.9 Å². The van der Waals surface area contributed by atoms with Crippen LogP contribution in [0.5, 0.6) is 5.75 Å². The van der Waals surface area contributed by atoms with Crippen LogP contribution in [0.3, 0.4) is 0 Å². The van der Waals surface area contributed by atoms with Crippen LogP contribution in [0.15, 0.2) is 53.1 Å². The first-order valence-electron chi connectivity index (χ1n) is 8.73. The van der Waals surface area contributed by atoms with Crippen LogP contribution in [0.1, 0.15) is 5.56 Å². The summed E-state index contributed by atoms with van der Waals surface area (Å²) in [6, 6.07) is 12.4. The molecule has 31 heavy (non-hydrogen) atoms. The molecule has 0 aliphatic heterocycles. The van der Waals surface area contributed by atoms with Crippen LogP contribution in [0.25, 0.3) is 5.69 Å². The Morgan fingerprint density at radius 3 is 2.74 bits per heavy atom. The minimum Gasteiger partial charge on any atom is -0.484 e. The topological polar surface area (TPSA) is 108 Å². The average Bonchev–Trinajstić information content (AvgIpc) is 3.44. The van der Waals surface area contributed by atoms with Gasteiger partial charge in [0.1, 0.15) is 12.1 Å². The molecule has 2 aromatic carbocycles. The molecule has 0 spiro atoms. The average molecular weight is 494 g/mol. The van der Waals surface area contributed by atoms with Crippen LogP contribution in [-0.2, 0) is 10.5 Å². The third-order valence-electron chi connectivity index (χ3n) is 3.84. The molecule has 4 aromatic rings. The Balaban J connectivity index is 1.25. The molecule has 0 bridgehead atoms. The van der Waals surface area contributed by atoms with E-state index in [2.05, 4.69) is 31.0 Å². The number of aromatic nitrogens is 6. The van der Waals surface area contributed by atoms with Gasteiger partial charge in [0, 0.05) is 15.8 Å². The van der Waals surface area contributed by atoms with Gasteiger partial charge in [0.25, 0.3) is 5.91 Å². The Kier molecular flexibility index (Phi) is 6.97. The van der Waals surface area contributed by atoms with Gasteiger partial charge in [-0.2, -0.15) is 0 Å². The van der Waals surface area contributed by atoms with E-state index in [0.29, 0.717) is 31.0 Å². The summed E-state index contributed by atoms with van der Waals surface area (Å²) in [5, 5.41) is 23.3. The molecule has 1 amide bonds. The van der Waals surface area contributed by atoms with Crippen molar-refractivity contribution in [3.05, 3.63) is 64.4 Å². The molecule has 158 valence electrons. The number of halogens is 2. The van der Waals surface area contributed by atoms with Gasteiger partial charge >= 0.3 is 0 Å². The Bertz CT molecular complexity index is 1170. The van der Waals surface area contributed by atoms with Crippen LogP contribution in [0, 0.1) is 0 Å². The molecule has 0 unspecified atom stereocenters. The third-order valence-corrected chi connectivity index (χ3v) is 6.45. The van der Waals surface area contributed by atoms with Crippen molar-refractivity contribution in [2.75, 3.05) is 11.9 Å². The molecule has 0 atom stereocenters. The van der Waals surface area contributed by atoms with Crippen molar-refractivity contribution in [1.82, 2.24) is 30.4 Å². The smallest absolute Gasteiger partial charge is 0.264 e. The summed E-state index contributed by atoms with van der Waals surface area (Å²) in [7, 11) is 0. The maximum Gasteiger partial charge on any atom is 0.264 e. The molecular weight excluding hydrogens is 481 g/mol. The number of thioether (sulfide) groups is 1. The molecule has 2 aromatic heterocycles. The number of nitrogens with one attached hydrogen (secondary N) is 1. The number of anilines is 1. The second-order valence-corrected chi connectivity index (χ2v) is 9.03. The van der Waals surface area contributed by atoms with Crippen LogP contribution in [-0.4, -0.2) is 42.9 Å². The summed E-state index contributed by atoms with van der Waals surface area (Å²) in [6.07, 6.45) is 1.49. The zero-order valence-electron chi connectivity index (χ0n) is 15.6. The van der Waals surface area contributed by atoms with E-state index in [9.17, 15) is 4.79 Å². The van der Waals surface area contributed by atoms with Gasteiger partial charge in [0.05, 0.1) is 5.69 Å². The Hall–Kier alpha value is -2.73. The van der Waals surface area contributed by atoms with Gasteiger partial charge in [-0.05, 0) is 52.4 Å². The van der Waals surface area contributed by atoms with E-state index in [1.807, 2.05) is 6.07 Å². The predicted molar refractivity (Wildman–Crippen MR) is 119 cm³/mol. The number of carbonyl (C=O) groups is 1. The monoisotopic (exact) mass is 493 g/mol. The molecule has 0 fully saturated rings. The number of amides is 1. The number of nitrogens with zero attached hydrogens (tertiary/aromatic N) is 6. The number of carbonyl (C=O) groups excluding carboxylic acids is 1. The maximum absolute atomic E-state index is 12.1. The summed E-state index contributed by atoms with van der Waals surface area (Å²) < 4.78 is 7.73. The number of hydrogen-bond donors (Lipinski definition) is 1. The largest absolute Gasteiger partial charge is 0.484 e. The number of hydrogen-bond acceptors (Lipinski definition) is 9. The highest BCUT2D eigenvalue weighted by atomic mass is 35.5. The molecule has 0 radical (unpaired) electrons. The van der Waals surface area contributed by atoms with E-state index < -0.39 is 0 Å². The molecule has 4 rings (SSSR count). The number of tetrazole rings is 1. The van der Waals surface area contributed by atoms with Crippen LogP contribution >= 0.6 is 46.3 Å². The summed E-state index contributed by atoms with van der Waals surface area (Å²) >= 11 is 14.8. The first-order chi connectivity index (χ1) is 15.1. The minimum absolute atomic E-state index is 0.160. The Morgan fingerprint density at radius 1 is 1.16 bits per heavy atom. The van der Waals surface area contributed by atoms with Gasteiger partial charge in [-0.25, -0.2) is 4.68 Å². The Labute approximate surface area is 194 Å². The quantitative estimate of drug-likeness (QED) is 0.288. The highest BCUT2D eigenvalue weighted by Crippen LogP contribution is 2.31. The molecule has 9 nitrogen and oxygen atoms in total. The standard InChI is InChI=1S/C18H13Cl2N7O2S2/c19-12-2-1-11(15(20)7-12)9-30-18-24-23-17(31-18)22-16(28)8-29-14-5-3-13(4-6-14)27-10-21-25-26-27/h1-7,10H,8-9H2,(H,22,23,28). The minimum atomic E-state index is -0.335. The fraction of sp³-hybridized carbons (Fsp3) is 0.111. The van der Waals surface area contributed by atoms with E-state index in [4.69, 9.17) is 27.9 Å². The summed E-state index contributed by atoms with van der Waals surface area (Å²) in [4.78, 5) is 12.1. The van der Waals surface area contributed by atoms with Gasteiger partial charge in [-0.1, -0.05) is 52.4 Å². The summed E-state index contributed by atoms with van der Waals surface area (Å²) in [5.41, 5.74) is 1.72. The van der Waals surface area contributed by atoms with Gasteiger partial charge in [-0.3, -0.25) is 10.1 Å². The highest BCUT2D eigenvalue weighted by Gasteiger charge is 2.11. The maximum atomic E-state index is 12.1. The first-order valence-corrected chi connectivity index (χ1v) is 11.3. The van der Waals surface area contributed by atoms with Crippen LogP contribution in [0.2, 0.25) is 10.0 Å². The fourth-order valence-corrected chi connectivity index (χ4v) is 4.70. The number of ether oxygens (including phenoxy) is 1. The van der Waals surface area contributed by atoms with Crippen molar-refractivity contribution in [2.24, 2.45) is 0 Å². The van der Waals surface area contributed by atoms with Gasteiger partial charge < -0.3 is 4.74 Å². The molecule has 0 aliphatic rings. The highest BCUT2D eigenvalue weighted by molar-refractivity contribution is 8.00. The van der Waals surface area contributed by atoms with Crippen LogP contribution in [0.4, 0.5) is 5.13 Å². The van der Waals surface area contributed by atoms with Crippen molar-refractivity contribution in [3.8, 4) is 11.4 Å². The molecular formula is C18H13Cl2N7O2S2. The van der Waals surface area contributed by atoms with E-state index in [-0.39, 0.29) is 12.5 Å². The second kappa shape index (κ2) is 10.1. The summed E-state index contributed by atoms with van der Waals surface area (Å²) in [5.74, 6) is 0.820. The van der Waals surface area contributed by atoms with E-state index in [1.165, 1.54) is 34.1 Å². The zero-order chi connectivity index (χ0) is 21.6. The van der Waals surface area contributed by atoms with E-state index in [1.54, 1.807) is 36.4 Å². The van der Waals surface area contributed by atoms with E-state index in [0.717, 1.165) is 11.3 Å². The van der Waals surface area contributed by atoms with Crippen molar-refractivity contribution in [1.29, 1.82) is 0 Å². The van der Waals surface area contributed by atoms with Crippen molar-refractivity contribution < 1.29 is 9.53 Å². The number of rotatable bonds is 8. The lowest BCUT2D eigenvalue weighted by Gasteiger charge is -2.06. The SMILES string of the molecule is O=C(COc1ccc(-n2cnnn2)cc1)Nc1nnc(SCc2ccc(Cl)cc2Cl)s1. The molecule has 0 aliphatic carbocycles. The van der Waals surface area contributed by atoms with Crippen molar-refractivity contribution in [3.63, 3.8) is 0 Å². The molecule has 1 N–H and O–H groups in total. The summed E-state index contributed by atoms with van der Waals surface area (Å²) in [6.45, 7) is -0.160. The normalized spacial score (nSPS) is 10.8. The third kappa shape index (κ3) is 5.91. The van der Waals surface area contributed by atoms with Crippen molar-refractivity contribution in [2.45, 2.75) is 10.1 Å². The lowest BCUT2D eigenvalue weighted by atomic mass is 10.2. The first kappa shape index (κ1) is 21.5. The molecule has 0 saturated carbocycles. The van der Waals surface area contributed by atoms with E-state index >= 15 is 0 Å². The lowest BCUT2D eigenvalue weighted by molar-refractivity contribution is -0.118. The van der Waals surface area contributed by atoms with Crippen LogP contribution < -0.4 is 10.1 Å². The molecule has 13 heteroatoms. The fourth-order valence-electron chi connectivity index (χ4n) is 2.38. The number of benzene rings is 2.